The second kappa shape index (κ2) is 6.15. The Labute approximate surface area is 144 Å². The van der Waals surface area contributed by atoms with E-state index in [9.17, 15) is 4.79 Å². The van der Waals surface area contributed by atoms with Crippen LogP contribution in [-0.2, 0) is 14.1 Å². The molecule has 1 unspecified atom stereocenters. The molecule has 130 valence electrons. The molecule has 3 aromatic heterocycles. The average molecular weight is 340 g/mol. The first-order valence-corrected chi connectivity index (χ1v) is 8.28. The van der Waals surface area contributed by atoms with E-state index in [2.05, 4.69) is 30.3 Å². The van der Waals surface area contributed by atoms with Crippen molar-refractivity contribution in [3.05, 3.63) is 30.6 Å². The van der Waals surface area contributed by atoms with Crippen molar-refractivity contribution in [3.63, 3.8) is 0 Å². The van der Waals surface area contributed by atoms with Crippen LogP contribution in [0.2, 0.25) is 0 Å². The van der Waals surface area contributed by atoms with E-state index in [1.807, 2.05) is 11.6 Å². The lowest BCUT2D eigenvalue weighted by atomic mass is 10.1. The number of piperidine rings is 1. The Bertz CT molecular complexity index is 914. The van der Waals surface area contributed by atoms with Gasteiger partial charge in [0, 0.05) is 39.4 Å². The van der Waals surface area contributed by atoms with Crippen LogP contribution in [0.25, 0.3) is 11.2 Å². The van der Waals surface area contributed by atoms with E-state index in [1.54, 1.807) is 36.8 Å². The number of nitrogens with zero attached hydrogens (tertiary/aromatic N) is 7. The van der Waals surface area contributed by atoms with Crippen LogP contribution in [0.4, 0.5) is 5.82 Å². The van der Waals surface area contributed by atoms with Gasteiger partial charge < -0.3 is 14.8 Å². The Balaban J connectivity index is 1.51. The van der Waals surface area contributed by atoms with E-state index >= 15 is 0 Å². The van der Waals surface area contributed by atoms with Crippen LogP contribution in [0.5, 0.6) is 0 Å². The predicted octanol–water partition coefficient (Wildman–Crippen LogP) is 0.496. The fourth-order valence-corrected chi connectivity index (χ4v) is 3.26. The van der Waals surface area contributed by atoms with Crippen LogP contribution in [0, 0.1) is 0 Å². The van der Waals surface area contributed by atoms with Crippen LogP contribution in [-0.4, -0.2) is 54.3 Å². The molecule has 4 heterocycles. The summed E-state index contributed by atoms with van der Waals surface area (Å²) in [5, 5.41) is 7.15. The summed E-state index contributed by atoms with van der Waals surface area (Å²) in [4.78, 5) is 27.7. The minimum Gasteiger partial charge on any atom is -0.353 e. The Morgan fingerprint density at radius 3 is 2.96 bits per heavy atom. The zero-order valence-electron chi connectivity index (χ0n) is 14.3. The van der Waals surface area contributed by atoms with Gasteiger partial charge in [0.1, 0.15) is 6.33 Å². The lowest BCUT2D eigenvalue weighted by Crippen LogP contribution is -2.48. The molecule has 3 aromatic rings. The Kier molecular flexibility index (Phi) is 3.83. The number of carbonyl (C=O) groups is 1. The molecule has 9 nitrogen and oxygen atoms in total. The van der Waals surface area contributed by atoms with Crippen LogP contribution >= 0.6 is 0 Å². The van der Waals surface area contributed by atoms with Crippen molar-refractivity contribution >= 4 is 22.9 Å². The molecule has 0 saturated carbocycles. The molecule has 1 amide bonds. The van der Waals surface area contributed by atoms with Crippen molar-refractivity contribution in [1.82, 2.24) is 34.6 Å². The fraction of sp³-hybridized carbons (Fsp3) is 0.438. The topological polar surface area (TPSA) is 93.8 Å². The van der Waals surface area contributed by atoms with Crippen molar-refractivity contribution in [3.8, 4) is 0 Å². The standard InChI is InChI=1S/C16H20N8O/c1-22-10-19-13-14(22)17-9-18-15(13)24-5-3-4-12(8-24)21-16(25)11-6-20-23(2)7-11/h6-7,9-10,12H,3-5,8H2,1-2H3,(H,21,25). The summed E-state index contributed by atoms with van der Waals surface area (Å²) in [5.41, 5.74) is 2.18. The molecule has 1 fully saturated rings. The van der Waals surface area contributed by atoms with Gasteiger partial charge in [-0.1, -0.05) is 0 Å². The quantitative estimate of drug-likeness (QED) is 0.746. The molecule has 1 aliphatic heterocycles. The molecule has 1 saturated heterocycles. The molecule has 1 N–H and O–H groups in total. The van der Waals surface area contributed by atoms with Crippen molar-refractivity contribution in [2.45, 2.75) is 18.9 Å². The largest absolute Gasteiger partial charge is 0.353 e. The molecule has 0 aliphatic carbocycles. The van der Waals surface area contributed by atoms with Gasteiger partial charge in [-0.3, -0.25) is 9.48 Å². The van der Waals surface area contributed by atoms with E-state index < -0.39 is 0 Å². The van der Waals surface area contributed by atoms with E-state index in [0.29, 0.717) is 12.1 Å². The number of carbonyl (C=O) groups excluding carboxylic acids is 1. The highest BCUT2D eigenvalue weighted by atomic mass is 16.1. The van der Waals surface area contributed by atoms with Crippen molar-refractivity contribution in [2.75, 3.05) is 18.0 Å². The smallest absolute Gasteiger partial charge is 0.254 e. The number of aromatic nitrogens is 6. The van der Waals surface area contributed by atoms with Crippen molar-refractivity contribution in [1.29, 1.82) is 0 Å². The zero-order valence-corrected chi connectivity index (χ0v) is 14.3. The van der Waals surface area contributed by atoms with Gasteiger partial charge >= 0.3 is 0 Å². The number of imidazole rings is 1. The molecule has 0 bridgehead atoms. The fourth-order valence-electron chi connectivity index (χ4n) is 3.26. The van der Waals surface area contributed by atoms with E-state index in [1.165, 1.54) is 0 Å². The first-order valence-electron chi connectivity index (χ1n) is 8.28. The van der Waals surface area contributed by atoms with Crippen molar-refractivity contribution in [2.24, 2.45) is 14.1 Å². The zero-order chi connectivity index (χ0) is 17.4. The van der Waals surface area contributed by atoms with Gasteiger partial charge in [0.25, 0.3) is 5.91 Å². The monoisotopic (exact) mass is 340 g/mol. The van der Waals surface area contributed by atoms with E-state index in [0.717, 1.165) is 36.4 Å². The lowest BCUT2D eigenvalue weighted by molar-refractivity contribution is 0.0933. The van der Waals surface area contributed by atoms with Crippen molar-refractivity contribution < 1.29 is 4.79 Å². The number of hydrogen-bond donors (Lipinski definition) is 1. The second-order valence-electron chi connectivity index (χ2n) is 6.39. The molecule has 0 spiro atoms. The number of aryl methyl sites for hydroxylation is 2. The number of fused-ring (bicyclic) bond motifs is 1. The highest BCUT2D eigenvalue weighted by Gasteiger charge is 2.25. The molecular weight excluding hydrogens is 320 g/mol. The molecular formula is C16H20N8O. The molecule has 1 aliphatic rings. The second-order valence-corrected chi connectivity index (χ2v) is 6.39. The minimum absolute atomic E-state index is 0.0650. The Morgan fingerprint density at radius 2 is 2.16 bits per heavy atom. The SMILES string of the molecule is Cn1cc(C(=O)NC2CCCN(c3ncnc4c3ncn4C)C2)cn1. The molecule has 0 aromatic carbocycles. The number of amides is 1. The summed E-state index contributed by atoms with van der Waals surface area (Å²) in [7, 11) is 3.71. The molecule has 4 rings (SSSR count). The maximum atomic E-state index is 12.4. The summed E-state index contributed by atoms with van der Waals surface area (Å²) >= 11 is 0. The van der Waals surface area contributed by atoms with Gasteiger partial charge in [0.05, 0.1) is 18.1 Å². The Hall–Kier alpha value is -2.97. The van der Waals surface area contributed by atoms with Crippen LogP contribution in [0.1, 0.15) is 23.2 Å². The van der Waals surface area contributed by atoms with Crippen LogP contribution in [0.3, 0.4) is 0 Å². The van der Waals surface area contributed by atoms with E-state index in [4.69, 9.17) is 0 Å². The number of rotatable bonds is 3. The number of anilines is 1. The van der Waals surface area contributed by atoms with Crippen LogP contribution < -0.4 is 10.2 Å². The summed E-state index contributed by atoms with van der Waals surface area (Å²) in [6.07, 6.45) is 8.54. The molecule has 25 heavy (non-hydrogen) atoms. The van der Waals surface area contributed by atoms with Gasteiger partial charge in [-0.15, -0.1) is 0 Å². The number of hydrogen-bond acceptors (Lipinski definition) is 6. The summed E-state index contributed by atoms with van der Waals surface area (Å²) in [6, 6.07) is 0.0650. The summed E-state index contributed by atoms with van der Waals surface area (Å²) in [6.45, 7) is 1.59. The summed E-state index contributed by atoms with van der Waals surface area (Å²) < 4.78 is 3.51. The first kappa shape index (κ1) is 15.6. The first-order chi connectivity index (χ1) is 12.1. The maximum absolute atomic E-state index is 12.4. The normalized spacial score (nSPS) is 17.8. The maximum Gasteiger partial charge on any atom is 0.254 e. The molecule has 1 atom stereocenters. The van der Waals surface area contributed by atoms with Gasteiger partial charge in [-0.25, -0.2) is 15.0 Å². The highest BCUT2D eigenvalue weighted by Crippen LogP contribution is 2.24. The van der Waals surface area contributed by atoms with Crippen LogP contribution in [0.15, 0.2) is 25.0 Å². The predicted molar refractivity (Wildman–Crippen MR) is 92.2 cm³/mol. The third kappa shape index (κ3) is 2.92. The van der Waals surface area contributed by atoms with Gasteiger partial charge in [-0.2, -0.15) is 5.10 Å². The number of nitrogens with one attached hydrogen (secondary N) is 1. The van der Waals surface area contributed by atoms with Gasteiger partial charge in [0.15, 0.2) is 17.0 Å². The molecule has 0 radical (unpaired) electrons. The summed E-state index contributed by atoms with van der Waals surface area (Å²) in [5.74, 6) is 0.733. The lowest BCUT2D eigenvalue weighted by Gasteiger charge is -2.33. The van der Waals surface area contributed by atoms with Gasteiger partial charge in [0.2, 0.25) is 0 Å². The molecule has 9 heteroatoms. The third-order valence-corrected chi connectivity index (χ3v) is 4.50. The average Bonchev–Trinajstić information content (AvgIpc) is 3.21. The third-order valence-electron chi connectivity index (χ3n) is 4.50. The van der Waals surface area contributed by atoms with Gasteiger partial charge in [-0.05, 0) is 12.8 Å². The Morgan fingerprint density at radius 1 is 1.28 bits per heavy atom. The van der Waals surface area contributed by atoms with E-state index in [-0.39, 0.29) is 11.9 Å². The minimum atomic E-state index is -0.0920. The highest BCUT2D eigenvalue weighted by molar-refractivity contribution is 5.94.